The maximum atomic E-state index is 2.49. The first-order chi connectivity index (χ1) is 29.5. The lowest BCUT2D eigenvalue weighted by atomic mass is 9.82. The standard InChI is InChI=1S/C57H42N2Si/c1-57(2)51-30-15-12-27-45(51)48-38-56-50(37-52(48)57)47-29-14-17-32-54(47)59(56)40-33-34-55-49(36-40)46-28-13-16-31-53(46)58(55)39-19-18-26-44(35-39)60(41-20-6-3-7-21-41,42-22-8-4-9-23-42)43-24-10-5-11-25-43/h3-38H,1-2H3. The van der Waals surface area contributed by atoms with Gasteiger partial charge in [0.05, 0.1) is 22.1 Å². The fourth-order valence-corrected chi connectivity index (χ4v) is 15.6. The number of nitrogens with zero attached hydrogens (tertiary/aromatic N) is 2. The van der Waals surface area contributed by atoms with E-state index in [0.29, 0.717) is 0 Å². The van der Waals surface area contributed by atoms with E-state index in [2.05, 4.69) is 241 Å². The third-order valence-electron chi connectivity index (χ3n) is 13.4. The van der Waals surface area contributed by atoms with Gasteiger partial charge in [-0.1, -0.05) is 178 Å². The summed E-state index contributed by atoms with van der Waals surface area (Å²) in [5.74, 6) is 0. The number of benzene rings is 9. The molecule has 2 heterocycles. The molecule has 0 radical (unpaired) electrons. The molecule has 2 nitrogen and oxygen atoms in total. The Hall–Kier alpha value is -7.20. The molecule has 0 spiro atoms. The zero-order valence-electron chi connectivity index (χ0n) is 33.7. The number of hydrogen-bond acceptors (Lipinski definition) is 0. The van der Waals surface area contributed by atoms with E-state index >= 15 is 0 Å². The number of aromatic nitrogens is 2. The summed E-state index contributed by atoms with van der Waals surface area (Å²) in [5.41, 5.74) is 12.6. The van der Waals surface area contributed by atoms with Crippen molar-refractivity contribution in [3.63, 3.8) is 0 Å². The molecule has 11 aromatic rings. The Balaban J connectivity index is 1.09. The van der Waals surface area contributed by atoms with Crippen molar-refractivity contribution in [3.8, 4) is 22.5 Å². The van der Waals surface area contributed by atoms with Crippen LogP contribution in [0.1, 0.15) is 25.0 Å². The van der Waals surface area contributed by atoms with Crippen LogP contribution in [-0.4, -0.2) is 17.2 Å². The summed E-state index contributed by atoms with van der Waals surface area (Å²) in [6, 6.07) is 81.8. The van der Waals surface area contributed by atoms with Gasteiger partial charge in [0.25, 0.3) is 0 Å². The molecule has 1 aliphatic rings. The van der Waals surface area contributed by atoms with Gasteiger partial charge in [0.1, 0.15) is 0 Å². The molecule has 284 valence electrons. The molecule has 0 atom stereocenters. The molecule has 0 fully saturated rings. The SMILES string of the molecule is CC1(C)c2ccccc2-c2cc3c(cc21)c1ccccc1n3-c1ccc2c(c1)c1ccccc1n2-c1cccc([Si](c2ccccc2)(c2ccccc2)c2ccccc2)c1. The van der Waals surface area contributed by atoms with Crippen LogP contribution in [0.4, 0.5) is 0 Å². The van der Waals surface area contributed by atoms with Crippen molar-refractivity contribution in [3.05, 3.63) is 230 Å². The summed E-state index contributed by atoms with van der Waals surface area (Å²) in [4.78, 5) is 0. The average Bonchev–Trinajstić information content (AvgIpc) is 3.89. The fourth-order valence-electron chi connectivity index (χ4n) is 10.8. The molecular formula is C57H42N2Si. The highest BCUT2D eigenvalue weighted by atomic mass is 28.3. The molecular weight excluding hydrogens is 741 g/mol. The zero-order valence-corrected chi connectivity index (χ0v) is 34.7. The van der Waals surface area contributed by atoms with Crippen LogP contribution in [0.15, 0.2) is 218 Å². The molecule has 0 bridgehead atoms. The quantitative estimate of drug-likeness (QED) is 0.117. The summed E-state index contributed by atoms with van der Waals surface area (Å²) in [6.07, 6.45) is 0. The highest BCUT2D eigenvalue weighted by molar-refractivity contribution is 7.19. The van der Waals surface area contributed by atoms with Gasteiger partial charge in [0, 0.05) is 38.3 Å². The molecule has 60 heavy (non-hydrogen) atoms. The van der Waals surface area contributed by atoms with Crippen LogP contribution in [-0.2, 0) is 5.41 Å². The Morgan fingerprint density at radius 1 is 0.317 bits per heavy atom. The van der Waals surface area contributed by atoms with Gasteiger partial charge >= 0.3 is 0 Å². The van der Waals surface area contributed by atoms with Crippen LogP contribution in [0.5, 0.6) is 0 Å². The molecule has 2 aromatic heterocycles. The Morgan fingerprint density at radius 2 is 0.800 bits per heavy atom. The fraction of sp³-hybridized carbons (Fsp3) is 0.0526. The molecule has 9 aromatic carbocycles. The molecule has 0 aliphatic heterocycles. The minimum atomic E-state index is -2.73. The van der Waals surface area contributed by atoms with E-state index in [1.807, 2.05) is 0 Å². The highest BCUT2D eigenvalue weighted by Crippen LogP contribution is 2.51. The summed E-state index contributed by atoms with van der Waals surface area (Å²) >= 11 is 0. The molecule has 0 saturated heterocycles. The van der Waals surface area contributed by atoms with Gasteiger partial charge in [0.15, 0.2) is 8.07 Å². The van der Waals surface area contributed by atoms with Gasteiger partial charge in [-0.25, -0.2) is 0 Å². The van der Waals surface area contributed by atoms with Crippen molar-refractivity contribution < 1.29 is 0 Å². The van der Waals surface area contributed by atoms with Crippen molar-refractivity contribution >= 4 is 72.4 Å². The first-order valence-electron chi connectivity index (χ1n) is 21.0. The summed E-state index contributed by atoms with van der Waals surface area (Å²) in [7, 11) is -2.73. The van der Waals surface area contributed by atoms with Gasteiger partial charge < -0.3 is 9.13 Å². The van der Waals surface area contributed by atoms with Crippen LogP contribution >= 0.6 is 0 Å². The topological polar surface area (TPSA) is 9.86 Å². The van der Waals surface area contributed by atoms with Gasteiger partial charge in [-0.15, -0.1) is 0 Å². The van der Waals surface area contributed by atoms with E-state index in [1.54, 1.807) is 0 Å². The smallest absolute Gasteiger partial charge is 0.179 e. The van der Waals surface area contributed by atoms with Crippen molar-refractivity contribution in [2.45, 2.75) is 19.3 Å². The number of hydrogen-bond donors (Lipinski definition) is 0. The van der Waals surface area contributed by atoms with Crippen LogP contribution in [0.25, 0.3) is 66.1 Å². The Bertz CT molecular complexity index is 3350. The number of fused-ring (bicyclic) bond motifs is 9. The minimum Gasteiger partial charge on any atom is -0.309 e. The molecule has 0 saturated carbocycles. The first kappa shape index (κ1) is 34.8. The van der Waals surface area contributed by atoms with Crippen LogP contribution < -0.4 is 20.7 Å². The lowest BCUT2D eigenvalue weighted by Gasteiger charge is -2.34. The second kappa shape index (κ2) is 13.2. The second-order valence-electron chi connectivity index (χ2n) is 16.9. The molecule has 12 rings (SSSR count). The predicted octanol–water partition coefficient (Wildman–Crippen LogP) is 11.6. The Kier molecular flexibility index (Phi) is 7.63. The molecule has 1 aliphatic carbocycles. The van der Waals surface area contributed by atoms with Crippen LogP contribution in [0, 0.1) is 0 Å². The van der Waals surface area contributed by atoms with Gasteiger partial charge in [-0.3, -0.25) is 0 Å². The van der Waals surface area contributed by atoms with Gasteiger partial charge in [-0.05, 0) is 97.6 Å². The molecule has 0 N–H and O–H groups in total. The third-order valence-corrected chi connectivity index (χ3v) is 18.2. The molecule has 0 amide bonds. The highest BCUT2D eigenvalue weighted by Gasteiger charge is 2.41. The van der Waals surface area contributed by atoms with Crippen molar-refractivity contribution in [2.75, 3.05) is 0 Å². The zero-order chi connectivity index (χ0) is 40.0. The van der Waals surface area contributed by atoms with Crippen LogP contribution in [0.3, 0.4) is 0 Å². The normalized spacial score (nSPS) is 13.3. The maximum absolute atomic E-state index is 2.73. The van der Waals surface area contributed by atoms with E-state index in [0.717, 1.165) is 0 Å². The number of para-hydroxylation sites is 2. The predicted molar refractivity (Wildman–Crippen MR) is 256 cm³/mol. The van der Waals surface area contributed by atoms with Gasteiger partial charge in [-0.2, -0.15) is 0 Å². The van der Waals surface area contributed by atoms with Crippen molar-refractivity contribution in [2.24, 2.45) is 0 Å². The van der Waals surface area contributed by atoms with Crippen molar-refractivity contribution in [1.29, 1.82) is 0 Å². The molecule has 0 unspecified atom stereocenters. The largest absolute Gasteiger partial charge is 0.309 e. The van der Waals surface area contributed by atoms with E-state index in [9.17, 15) is 0 Å². The summed E-state index contributed by atoms with van der Waals surface area (Å²) in [6.45, 7) is 4.74. The van der Waals surface area contributed by atoms with E-state index < -0.39 is 8.07 Å². The average molecular weight is 783 g/mol. The lowest BCUT2D eigenvalue weighted by Crippen LogP contribution is -2.74. The lowest BCUT2D eigenvalue weighted by molar-refractivity contribution is 0.661. The second-order valence-corrected chi connectivity index (χ2v) is 20.7. The first-order valence-corrected chi connectivity index (χ1v) is 23.0. The Labute approximate surface area is 351 Å². The monoisotopic (exact) mass is 782 g/mol. The van der Waals surface area contributed by atoms with E-state index in [1.165, 1.54) is 98.0 Å². The van der Waals surface area contributed by atoms with E-state index in [4.69, 9.17) is 0 Å². The summed E-state index contributed by atoms with van der Waals surface area (Å²) < 4.78 is 4.97. The Morgan fingerprint density at radius 3 is 1.43 bits per heavy atom. The number of rotatable bonds is 6. The van der Waals surface area contributed by atoms with E-state index in [-0.39, 0.29) is 5.41 Å². The maximum Gasteiger partial charge on any atom is 0.179 e. The van der Waals surface area contributed by atoms with Gasteiger partial charge in [0.2, 0.25) is 0 Å². The minimum absolute atomic E-state index is 0.0627. The third kappa shape index (κ3) is 4.87. The molecule has 3 heteroatoms. The summed E-state index contributed by atoms with van der Waals surface area (Å²) in [5, 5.41) is 10.5. The van der Waals surface area contributed by atoms with Crippen LogP contribution in [0.2, 0.25) is 0 Å². The van der Waals surface area contributed by atoms with Crippen molar-refractivity contribution in [1.82, 2.24) is 9.13 Å².